The van der Waals surface area contributed by atoms with Crippen molar-refractivity contribution in [3.63, 3.8) is 0 Å². The van der Waals surface area contributed by atoms with E-state index in [1.807, 2.05) is 11.3 Å². The highest BCUT2D eigenvalue weighted by Crippen LogP contribution is 2.24. The van der Waals surface area contributed by atoms with Gasteiger partial charge in [0.15, 0.2) is 16.5 Å². The van der Waals surface area contributed by atoms with Crippen molar-refractivity contribution in [2.24, 2.45) is 5.92 Å². The summed E-state index contributed by atoms with van der Waals surface area (Å²) in [5, 5.41) is 6.66. The maximum absolute atomic E-state index is 11.6. The number of nitrogens with zero attached hydrogens (tertiary/aromatic N) is 2. The zero-order valence-corrected chi connectivity index (χ0v) is 16.3. The van der Waals surface area contributed by atoms with E-state index in [9.17, 15) is 8.42 Å². The van der Waals surface area contributed by atoms with Crippen molar-refractivity contribution in [1.29, 1.82) is 0 Å². The number of thiophene rings is 1. The van der Waals surface area contributed by atoms with Crippen LogP contribution in [-0.2, 0) is 22.9 Å². The smallest absolute Gasteiger partial charge is 0.291 e. The van der Waals surface area contributed by atoms with E-state index in [0.717, 1.165) is 6.54 Å². The van der Waals surface area contributed by atoms with Gasteiger partial charge in [0.05, 0.1) is 22.9 Å². The van der Waals surface area contributed by atoms with E-state index in [2.05, 4.69) is 22.6 Å². The highest BCUT2D eigenvalue weighted by molar-refractivity contribution is 7.91. The molecular formula is C16H22N3O3S3+. The van der Waals surface area contributed by atoms with Gasteiger partial charge in [-0.3, -0.25) is 0 Å². The monoisotopic (exact) mass is 400 g/mol. The predicted octanol–water partition coefficient (Wildman–Crippen LogP) is 1.62. The lowest BCUT2D eigenvalue weighted by atomic mass is 10.1. The summed E-state index contributed by atoms with van der Waals surface area (Å²) in [6.45, 7) is 1.81. The van der Waals surface area contributed by atoms with Crippen LogP contribution in [0.3, 0.4) is 0 Å². The molecule has 2 saturated heterocycles. The molecule has 136 valence electrons. The van der Waals surface area contributed by atoms with E-state index in [1.165, 1.54) is 22.6 Å². The SMILES string of the molecule is O=S1(=O)CC[C@@H](Cc2nn(C[NH+]3CCC[C@@H]3c3cccs3)c(=S)o2)C1. The molecule has 0 bridgehead atoms. The molecule has 2 aliphatic rings. The highest BCUT2D eigenvalue weighted by Gasteiger charge is 2.32. The Kier molecular flexibility index (Phi) is 4.83. The normalized spacial score (nSPS) is 28.6. The predicted molar refractivity (Wildman–Crippen MR) is 97.9 cm³/mol. The second-order valence-electron chi connectivity index (χ2n) is 7.01. The maximum Gasteiger partial charge on any atom is 0.291 e. The van der Waals surface area contributed by atoms with Crippen molar-refractivity contribution in [2.45, 2.75) is 38.4 Å². The van der Waals surface area contributed by atoms with Crippen LogP contribution < -0.4 is 4.90 Å². The van der Waals surface area contributed by atoms with Crippen LogP contribution in [-0.4, -0.2) is 36.2 Å². The first-order valence-electron chi connectivity index (χ1n) is 8.65. The number of quaternary nitrogens is 1. The Morgan fingerprint density at radius 1 is 1.44 bits per heavy atom. The van der Waals surface area contributed by atoms with Gasteiger partial charge in [0.25, 0.3) is 4.84 Å². The molecule has 1 N–H and O–H groups in total. The van der Waals surface area contributed by atoms with Gasteiger partial charge in [0.2, 0.25) is 5.89 Å². The number of hydrogen-bond acceptors (Lipinski definition) is 6. The molecule has 0 radical (unpaired) electrons. The Labute approximate surface area is 156 Å². The molecule has 1 unspecified atom stereocenters. The number of hydrogen-bond donors (Lipinski definition) is 1. The minimum absolute atomic E-state index is 0.101. The summed E-state index contributed by atoms with van der Waals surface area (Å²) in [6.07, 6.45) is 3.64. The minimum Gasteiger partial charge on any atom is -0.414 e. The fourth-order valence-corrected chi connectivity index (χ4v) is 6.92. The van der Waals surface area contributed by atoms with E-state index < -0.39 is 9.84 Å². The third kappa shape index (κ3) is 3.89. The molecule has 0 aromatic carbocycles. The largest absolute Gasteiger partial charge is 0.414 e. The molecule has 0 saturated carbocycles. The molecule has 25 heavy (non-hydrogen) atoms. The third-order valence-corrected chi connectivity index (χ3v) is 8.28. The summed E-state index contributed by atoms with van der Waals surface area (Å²) in [7, 11) is -2.88. The zero-order chi connectivity index (χ0) is 17.4. The van der Waals surface area contributed by atoms with Crippen molar-refractivity contribution >= 4 is 33.4 Å². The quantitative estimate of drug-likeness (QED) is 0.773. The third-order valence-electron chi connectivity index (χ3n) is 5.16. The van der Waals surface area contributed by atoms with Crippen LogP contribution >= 0.6 is 23.6 Å². The molecular weight excluding hydrogens is 378 g/mol. The number of sulfone groups is 1. The minimum atomic E-state index is -2.88. The summed E-state index contributed by atoms with van der Waals surface area (Å²) in [4.78, 5) is 3.26. The van der Waals surface area contributed by atoms with E-state index in [0.29, 0.717) is 36.3 Å². The number of nitrogens with one attached hydrogen (secondary N) is 1. The van der Waals surface area contributed by atoms with Crippen LogP contribution in [0, 0.1) is 10.8 Å². The first-order chi connectivity index (χ1) is 12.0. The Morgan fingerprint density at radius 2 is 2.32 bits per heavy atom. The lowest BCUT2D eigenvalue weighted by Crippen LogP contribution is -3.09. The molecule has 2 aromatic heterocycles. The average Bonchev–Trinajstić information content (AvgIpc) is 3.30. The summed E-state index contributed by atoms with van der Waals surface area (Å²) in [5.41, 5.74) is 0. The van der Waals surface area contributed by atoms with Gasteiger partial charge in [-0.1, -0.05) is 6.07 Å². The molecule has 6 nitrogen and oxygen atoms in total. The van der Waals surface area contributed by atoms with Crippen LogP contribution in [0.4, 0.5) is 0 Å². The molecule has 4 rings (SSSR count). The van der Waals surface area contributed by atoms with Gasteiger partial charge < -0.3 is 9.32 Å². The maximum atomic E-state index is 11.6. The molecule has 9 heteroatoms. The molecule has 0 amide bonds. The zero-order valence-electron chi connectivity index (χ0n) is 13.9. The highest BCUT2D eigenvalue weighted by atomic mass is 32.2. The van der Waals surface area contributed by atoms with Crippen LogP contribution in [0.25, 0.3) is 0 Å². The second kappa shape index (κ2) is 6.94. The molecule has 0 aliphatic carbocycles. The van der Waals surface area contributed by atoms with E-state index in [-0.39, 0.29) is 17.4 Å². The van der Waals surface area contributed by atoms with Gasteiger partial charge in [-0.15, -0.1) is 16.4 Å². The van der Waals surface area contributed by atoms with Gasteiger partial charge in [0.1, 0.15) is 6.04 Å². The Balaban J connectivity index is 1.45. The van der Waals surface area contributed by atoms with Gasteiger partial charge in [-0.25, -0.2) is 8.42 Å². The summed E-state index contributed by atoms with van der Waals surface area (Å²) in [6, 6.07) is 4.81. The molecule has 2 aliphatic heterocycles. The van der Waals surface area contributed by atoms with Gasteiger partial charge >= 0.3 is 0 Å². The molecule has 3 atom stereocenters. The Bertz CT molecular complexity index is 885. The van der Waals surface area contributed by atoms with Crippen LogP contribution in [0.2, 0.25) is 0 Å². The van der Waals surface area contributed by atoms with Crippen molar-refractivity contribution < 1.29 is 17.7 Å². The van der Waals surface area contributed by atoms with Gasteiger partial charge in [-0.05, 0) is 36.0 Å². The lowest BCUT2D eigenvalue weighted by molar-refractivity contribution is -0.941. The standard InChI is InChI=1S/C16H21N3O3S3/c20-25(21)8-5-12(10-25)9-15-17-19(16(23)22-15)11-18-6-1-3-13(18)14-4-2-7-24-14/h2,4,7,12-13H,1,3,5-6,8-11H2/p+1/t12-,13+/m0/s1. The average molecular weight is 401 g/mol. The van der Waals surface area contributed by atoms with Crippen molar-refractivity contribution in [1.82, 2.24) is 9.78 Å². The molecule has 2 fully saturated rings. The van der Waals surface area contributed by atoms with E-state index in [1.54, 1.807) is 4.68 Å². The summed E-state index contributed by atoms with van der Waals surface area (Å²) >= 11 is 7.15. The number of aromatic nitrogens is 2. The first-order valence-corrected chi connectivity index (χ1v) is 11.8. The lowest BCUT2D eigenvalue weighted by Gasteiger charge is -2.19. The fraction of sp³-hybridized carbons (Fsp3) is 0.625. The Morgan fingerprint density at radius 3 is 3.04 bits per heavy atom. The van der Waals surface area contributed by atoms with Crippen LogP contribution in [0.15, 0.2) is 21.9 Å². The van der Waals surface area contributed by atoms with Crippen molar-refractivity contribution in [3.05, 3.63) is 33.1 Å². The van der Waals surface area contributed by atoms with Crippen LogP contribution in [0.1, 0.15) is 36.1 Å². The van der Waals surface area contributed by atoms with Crippen molar-refractivity contribution in [2.75, 3.05) is 18.1 Å². The molecule has 0 spiro atoms. The molecule has 2 aromatic rings. The summed E-state index contributed by atoms with van der Waals surface area (Å²) in [5.74, 6) is 1.18. The number of rotatable bonds is 5. The topological polar surface area (TPSA) is 69.5 Å². The summed E-state index contributed by atoms with van der Waals surface area (Å²) < 4.78 is 30.6. The van der Waals surface area contributed by atoms with E-state index >= 15 is 0 Å². The fourth-order valence-electron chi connectivity index (χ4n) is 3.94. The molecule has 4 heterocycles. The van der Waals surface area contributed by atoms with Crippen molar-refractivity contribution in [3.8, 4) is 0 Å². The second-order valence-corrected chi connectivity index (χ2v) is 10.6. The van der Waals surface area contributed by atoms with Gasteiger partial charge in [0, 0.05) is 19.3 Å². The van der Waals surface area contributed by atoms with E-state index in [4.69, 9.17) is 16.6 Å². The Hall–Kier alpha value is -1.03. The first kappa shape index (κ1) is 17.4. The number of likely N-dealkylation sites (tertiary alicyclic amines) is 1. The van der Waals surface area contributed by atoms with Gasteiger partial charge in [-0.2, -0.15) is 4.68 Å². The van der Waals surface area contributed by atoms with Crippen LogP contribution in [0.5, 0.6) is 0 Å².